The Morgan fingerprint density at radius 1 is 0.514 bits per heavy atom. The van der Waals surface area contributed by atoms with E-state index in [0.717, 1.165) is 22.3 Å². The molecule has 0 radical (unpaired) electrons. The highest BCUT2D eigenvalue weighted by atomic mass is 19.4. The van der Waals surface area contributed by atoms with Gasteiger partial charge in [0.15, 0.2) is 0 Å². The fraction of sp³-hybridized carbons (Fsp3) is 0.438. The Kier molecular flexibility index (Phi) is 8.07. The maximum atomic E-state index is 15.9. The third kappa shape index (κ3) is 4.97. The molecule has 0 aliphatic rings. The van der Waals surface area contributed by atoms with E-state index in [4.69, 9.17) is 11.5 Å². The number of alkyl halides is 3. The lowest BCUT2D eigenvalue weighted by Gasteiger charge is -2.40. The van der Waals surface area contributed by atoms with Gasteiger partial charge in [-0.25, -0.2) is 0 Å². The SMILES string of the molecule is CC(C)c1cc(C(c2ccccc2)(c2cc(C(C)C)c(N)c(C(C)C)c2)C(F)(F)F)cc(C(C)C)c1N. The predicted molar refractivity (Wildman–Crippen MR) is 150 cm³/mol. The first kappa shape index (κ1) is 28.6. The molecule has 0 spiro atoms. The smallest absolute Gasteiger partial charge is 0.398 e. The van der Waals surface area contributed by atoms with Crippen molar-refractivity contribution in [2.24, 2.45) is 0 Å². The van der Waals surface area contributed by atoms with E-state index in [0.29, 0.717) is 11.4 Å². The Morgan fingerprint density at radius 3 is 1.05 bits per heavy atom. The van der Waals surface area contributed by atoms with Gasteiger partial charge in [-0.15, -0.1) is 0 Å². The maximum Gasteiger partial charge on any atom is 0.406 e. The lowest BCUT2D eigenvalue weighted by molar-refractivity contribution is -0.166. The van der Waals surface area contributed by atoms with Crippen LogP contribution < -0.4 is 11.5 Å². The second kappa shape index (κ2) is 10.4. The molecule has 2 nitrogen and oxygen atoms in total. The first-order chi connectivity index (χ1) is 17.1. The second-order valence-corrected chi connectivity index (χ2v) is 11.4. The Bertz CT molecular complexity index is 1110. The topological polar surface area (TPSA) is 52.0 Å². The number of benzene rings is 3. The van der Waals surface area contributed by atoms with Crippen LogP contribution in [0.2, 0.25) is 0 Å². The van der Waals surface area contributed by atoms with Gasteiger partial charge in [-0.2, -0.15) is 13.2 Å². The number of halogens is 3. The van der Waals surface area contributed by atoms with E-state index in [1.54, 1.807) is 54.6 Å². The molecule has 200 valence electrons. The number of rotatable bonds is 7. The van der Waals surface area contributed by atoms with Crippen LogP contribution in [0.5, 0.6) is 0 Å². The van der Waals surface area contributed by atoms with Crippen LogP contribution in [0.3, 0.4) is 0 Å². The molecular formula is C32H41F3N2. The largest absolute Gasteiger partial charge is 0.406 e. The van der Waals surface area contributed by atoms with Crippen LogP contribution in [0.25, 0.3) is 0 Å². The van der Waals surface area contributed by atoms with Crippen LogP contribution in [-0.4, -0.2) is 6.18 Å². The van der Waals surface area contributed by atoms with Crippen LogP contribution in [0.4, 0.5) is 24.5 Å². The van der Waals surface area contributed by atoms with Gasteiger partial charge in [-0.1, -0.05) is 110 Å². The molecule has 4 N–H and O–H groups in total. The molecule has 0 saturated heterocycles. The molecule has 0 aliphatic heterocycles. The Balaban J connectivity index is 2.64. The predicted octanol–water partition coefficient (Wildman–Crippen LogP) is 9.24. The van der Waals surface area contributed by atoms with Crippen LogP contribution in [0.1, 0.15) is 118 Å². The van der Waals surface area contributed by atoms with E-state index in [9.17, 15) is 0 Å². The minimum absolute atomic E-state index is 0.0389. The summed E-state index contributed by atoms with van der Waals surface area (Å²) in [5.41, 5.74) is 15.3. The van der Waals surface area contributed by atoms with Crippen molar-refractivity contribution >= 4 is 11.4 Å². The standard InChI is InChI=1S/C32H41F3N2/c1-18(2)25-14-23(15-26(19(3)4)29(25)36)31(32(33,34)35,22-12-10-9-11-13-22)24-16-27(20(5)6)30(37)28(17-24)21(7)8/h9-21H,36-37H2,1-8H3. The van der Waals surface area contributed by atoms with E-state index in [1.165, 1.54) is 0 Å². The monoisotopic (exact) mass is 510 g/mol. The lowest BCUT2D eigenvalue weighted by atomic mass is 9.66. The summed E-state index contributed by atoms with van der Waals surface area (Å²) in [6, 6.07) is 14.9. The van der Waals surface area contributed by atoms with Crippen molar-refractivity contribution < 1.29 is 13.2 Å². The highest BCUT2D eigenvalue weighted by molar-refractivity contribution is 5.66. The fourth-order valence-electron chi connectivity index (χ4n) is 5.42. The Hall–Kier alpha value is -2.95. The number of nitrogen functional groups attached to an aromatic ring is 2. The van der Waals surface area contributed by atoms with E-state index in [1.807, 2.05) is 55.4 Å². The summed E-state index contributed by atoms with van der Waals surface area (Å²) in [5.74, 6) is -0.155. The summed E-state index contributed by atoms with van der Waals surface area (Å²) in [4.78, 5) is 0. The van der Waals surface area contributed by atoms with Crippen LogP contribution in [0, 0.1) is 0 Å². The van der Waals surface area contributed by atoms with Crippen molar-refractivity contribution in [2.75, 3.05) is 11.5 Å². The van der Waals surface area contributed by atoms with Crippen molar-refractivity contribution in [3.8, 4) is 0 Å². The van der Waals surface area contributed by atoms with Gasteiger partial charge in [0.05, 0.1) is 0 Å². The number of hydrogen-bond donors (Lipinski definition) is 2. The molecule has 0 aliphatic carbocycles. The summed E-state index contributed by atoms with van der Waals surface area (Å²) in [6.45, 7) is 15.7. The Morgan fingerprint density at radius 2 is 0.811 bits per heavy atom. The molecule has 0 unspecified atom stereocenters. The molecule has 3 aromatic carbocycles. The van der Waals surface area contributed by atoms with Gasteiger partial charge < -0.3 is 11.5 Å². The zero-order valence-corrected chi connectivity index (χ0v) is 23.3. The van der Waals surface area contributed by atoms with E-state index < -0.39 is 11.6 Å². The van der Waals surface area contributed by atoms with Crippen molar-refractivity contribution in [3.63, 3.8) is 0 Å². The van der Waals surface area contributed by atoms with Crippen LogP contribution in [-0.2, 0) is 5.41 Å². The summed E-state index contributed by atoms with van der Waals surface area (Å²) >= 11 is 0. The van der Waals surface area contributed by atoms with Crippen molar-refractivity contribution in [2.45, 2.75) is 90.7 Å². The zero-order chi connectivity index (χ0) is 27.9. The van der Waals surface area contributed by atoms with Crippen LogP contribution >= 0.6 is 0 Å². The molecule has 0 heterocycles. The van der Waals surface area contributed by atoms with Crippen molar-refractivity contribution in [1.29, 1.82) is 0 Å². The first-order valence-corrected chi connectivity index (χ1v) is 13.1. The van der Waals surface area contributed by atoms with E-state index >= 15 is 13.2 Å². The molecular weight excluding hydrogens is 469 g/mol. The van der Waals surface area contributed by atoms with Gasteiger partial charge in [-0.05, 0) is 62.6 Å². The fourth-order valence-corrected chi connectivity index (χ4v) is 5.42. The number of nitrogens with two attached hydrogens (primary N) is 2. The van der Waals surface area contributed by atoms with Gasteiger partial charge in [0, 0.05) is 11.4 Å². The highest BCUT2D eigenvalue weighted by Gasteiger charge is 2.59. The normalized spacial score (nSPS) is 12.8. The first-order valence-electron chi connectivity index (χ1n) is 13.1. The summed E-state index contributed by atoms with van der Waals surface area (Å²) < 4.78 is 47.7. The van der Waals surface area contributed by atoms with Crippen molar-refractivity contribution in [3.05, 3.63) is 93.5 Å². The molecule has 5 heteroatoms. The molecule has 0 amide bonds. The highest BCUT2D eigenvalue weighted by Crippen LogP contribution is 2.54. The molecule has 0 aromatic heterocycles. The molecule has 3 rings (SSSR count). The molecule has 0 bridgehead atoms. The Labute approximate surface area is 220 Å². The van der Waals surface area contributed by atoms with Gasteiger partial charge in [-0.3, -0.25) is 0 Å². The summed E-state index contributed by atoms with van der Waals surface area (Å²) in [7, 11) is 0. The van der Waals surface area contributed by atoms with Gasteiger partial charge in [0.1, 0.15) is 5.41 Å². The third-order valence-corrected chi connectivity index (χ3v) is 7.47. The number of anilines is 2. The van der Waals surface area contributed by atoms with Crippen molar-refractivity contribution in [1.82, 2.24) is 0 Å². The summed E-state index contributed by atoms with van der Waals surface area (Å²) in [6.07, 6.45) is -4.65. The minimum atomic E-state index is -4.65. The molecule has 0 atom stereocenters. The summed E-state index contributed by atoms with van der Waals surface area (Å²) in [5, 5.41) is 0. The third-order valence-electron chi connectivity index (χ3n) is 7.47. The molecule has 37 heavy (non-hydrogen) atoms. The zero-order valence-electron chi connectivity index (χ0n) is 23.3. The van der Waals surface area contributed by atoms with Crippen LogP contribution in [0.15, 0.2) is 54.6 Å². The average Bonchev–Trinajstić information content (AvgIpc) is 2.80. The van der Waals surface area contributed by atoms with Gasteiger partial charge in [0.25, 0.3) is 0 Å². The van der Waals surface area contributed by atoms with E-state index in [2.05, 4.69) is 0 Å². The quantitative estimate of drug-likeness (QED) is 0.246. The molecule has 3 aromatic rings. The molecule has 0 fully saturated rings. The average molecular weight is 511 g/mol. The minimum Gasteiger partial charge on any atom is -0.398 e. The van der Waals surface area contributed by atoms with Gasteiger partial charge >= 0.3 is 6.18 Å². The second-order valence-electron chi connectivity index (χ2n) is 11.4. The molecule has 0 saturated carbocycles. The number of hydrogen-bond acceptors (Lipinski definition) is 2. The van der Waals surface area contributed by atoms with Gasteiger partial charge in [0.2, 0.25) is 0 Å². The van der Waals surface area contributed by atoms with E-state index in [-0.39, 0.29) is 40.4 Å². The lowest BCUT2D eigenvalue weighted by Crippen LogP contribution is -2.45. The maximum absolute atomic E-state index is 15.9.